The average Bonchev–Trinajstić information content (AvgIpc) is 2.61. The average molecular weight is 317 g/mol. The van der Waals surface area contributed by atoms with Gasteiger partial charge in [-0.3, -0.25) is 0 Å². The summed E-state index contributed by atoms with van der Waals surface area (Å²) in [6, 6.07) is 0. The van der Waals surface area contributed by atoms with Gasteiger partial charge in [0.25, 0.3) is 0 Å². The zero-order valence-corrected chi connectivity index (χ0v) is 15.6. The molecule has 2 saturated carbocycles. The van der Waals surface area contributed by atoms with Gasteiger partial charge in [-0.05, 0) is 62.2 Å². The third-order valence-corrected chi connectivity index (χ3v) is 6.48. The molecule has 0 unspecified atom stereocenters. The third-order valence-electron chi connectivity index (χ3n) is 6.48. The zero-order valence-electron chi connectivity index (χ0n) is 15.6. The Kier molecular flexibility index (Phi) is 9.09. The van der Waals surface area contributed by atoms with Gasteiger partial charge < -0.3 is 0 Å². The van der Waals surface area contributed by atoms with Crippen LogP contribution in [-0.2, 0) is 0 Å². The lowest BCUT2D eigenvalue weighted by atomic mass is 9.78. The van der Waals surface area contributed by atoms with E-state index in [0.29, 0.717) is 0 Å². The highest BCUT2D eigenvalue weighted by atomic mass is 14.3. The van der Waals surface area contributed by atoms with Crippen molar-refractivity contribution in [2.75, 3.05) is 0 Å². The van der Waals surface area contributed by atoms with Crippen LogP contribution in [0.25, 0.3) is 0 Å². The minimum Gasteiger partial charge on any atom is -0.103 e. The largest absolute Gasteiger partial charge is 0.103 e. The fourth-order valence-electron chi connectivity index (χ4n) is 4.69. The van der Waals surface area contributed by atoms with E-state index in [2.05, 4.69) is 31.7 Å². The molecule has 0 amide bonds. The van der Waals surface area contributed by atoms with Crippen LogP contribution >= 0.6 is 0 Å². The van der Waals surface area contributed by atoms with Crippen molar-refractivity contribution >= 4 is 0 Å². The van der Waals surface area contributed by atoms with Crippen molar-refractivity contribution < 1.29 is 0 Å². The molecule has 132 valence electrons. The molecule has 0 saturated heterocycles. The van der Waals surface area contributed by atoms with E-state index in [-0.39, 0.29) is 0 Å². The van der Waals surface area contributed by atoms with Crippen molar-refractivity contribution in [2.45, 2.75) is 96.8 Å². The van der Waals surface area contributed by atoms with Crippen molar-refractivity contribution in [1.29, 1.82) is 0 Å². The van der Waals surface area contributed by atoms with Crippen LogP contribution in [0, 0.1) is 23.7 Å². The van der Waals surface area contributed by atoms with E-state index in [1.165, 1.54) is 89.9 Å². The van der Waals surface area contributed by atoms with Gasteiger partial charge in [0.1, 0.15) is 0 Å². The van der Waals surface area contributed by atoms with E-state index in [1.54, 1.807) is 0 Å². The second-order valence-corrected chi connectivity index (χ2v) is 8.30. The number of allylic oxidation sites excluding steroid dienone is 3. The molecule has 0 heterocycles. The fourth-order valence-corrected chi connectivity index (χ4v) is 4.69. The van der Waals surface area contributed by atoms with Crippen LogP contribution in [0.2, 0.25) is 0 Å². The molecule has 0 atom stereocenters. The summed E-state index contributed by atoms with van der Waals surface area (Å²) < 4.78 is 0. The van der Waals surface area contributed by atoms with E-state index < -0.39 is 0 Å². The normalized spacial score (nSPS) is 32.2. The molecule has 2 aliphatic carbocycles. The minimum atomic E-state index is 0.798. The van der Waals surface area contributed by atoms with E-state index in [0.717, 1.165) is 23.7 Å². The van der Waals surface area contributed by atoms with Crippen molar-refractivity contribution in [1.82, 2.24) is 0 Å². The molecule has 2 aliphatic rings. The Morgan fingerprint density at radius 2 is 1.39 bits per heavy atom. The highest BCUT2D eigenvalue weighted by Gasteiger charge is 2.20. The van der Waals surface area contributed by atoms with Crippen LogP contribution in [0.3, 0.4) is 0 Å². The number of hydrogen-bond acceptors (Lipinski definition) is 0. The van der Waals surface area contributed by atoms with Crippen LogP contribution in [0.15, 0.2) is 24.8 Å². The maximum atomic E-state index is 3.94. The molecule has 0 N–H and O–H groups in total. The van der Waals surface area contributed by atoms with Crippen molar-refractivity contribution in [3.63, 3.8) is 0 Å². The highest BCUT2D eigenvalue weighted by Crippen LogP contribution is 2.34. The monoisotopic (exact) mass is 316 g/mol. The van der Waals surface area contributed by atoms with Gasteiger partial charge in [-0.2, -0.15) is 0 Å². The summed E-state index contributed by atoms with van der Waals surface area (Å²) >= 11 is 0. The zero-order chi connectivity index (χ0) is 16.3. The fraction of sp³-hybridized carbons (Fsp3) is 0.826. The Hall–Kier alpha value is -0.520. The molecule has 0 nitrogen and oxygen atoms in total. The van der Waals surface area contributed by atoms with Gasteiger partial charge in [0, 0.05) is 0 Å². The molecular formula is C23H40. The van der Waals surface area contributed by atoms with E-state index in [4.69, 9.17) is 0 Å². The summed E-state index contributed by atoms with van der Waals surface area (Å²) in [5, 5.41) is 0. The quantitative estimate of drug-likeness (QED) is 0.302. The molecule has 23 heavy (non-hydrogen) atoms. The molecule has 2 fully saturated rings. The summed E-state index contributed by atoms with van der Waals surface area (Å²) in [7, 11) is 0. The second-order valence-electron chi connectivity index (χ2n) is 8.30. The lowest BCUT2D eigenvalue weighted by molar-refractivity contribution is 0.250. The molecule has 2 rings (SSSR count). The summed E-state index contributed by atoms with van der Waals surface area (Å²) in [6.07, 6.45) is 27.3. The topological polar surface area (TPSA) is 0 Å². The predicted molar refractivity (Wildman–Crippen MR) is 104 cm³/mol. The third kappa shape index (κ3) is 7.27. The van der Waals surface area contributed by atoms with Crippen LogP contribution in [-0.4, -0.2) is 0 Å². The molecule has 0 aromatic heterocycles. The first kappa shape index (κ1) is 18.8. The van der Waals surface area contributed by atoms with Gasteiger partial charge in [0.05, 0.1) is 0 Å². The van der Waals surface area contributed by atoms with Crippen molar-refractivity contribution in [2.24, 2.45) is 23.7 Å². The Morgan fingerprint density at radius 3 is 2.00 bits per heavy atom. The highest BCUT2D eigenvalue weighted by molar-refractivity contribution is 4.94. The molecule has 0 spiro atoms. The first-order valence-corrected chi connectivity index (χ1v) is 10.6. The van der Waals surface area contributed by atoms with Gasteiger partial charge in [-0.15, -0.1) is 6.58 Å². The number of hydrogen-bond donors (Lipinski definition) is 0. The Balaban J connectivity index is 1.52. The predicted octanol–water partition coefficient (Wildman–Crippen LogP) is 7.70. The summed E-state index contributed by atoms with van der Waals surface area (Å²) in [6.45, 7) is 6.26. The van der Waals surface area contributed by atoms with Gasteiger partial charge >= 0.3 is 0 Å². The molecule has 0 bridgehead atoms. The van der Waals surface area contributed by atoms with E-state index >= 15 is 0 Å². The molecule has 0 aromatic rings. The Labute approximate surface area is 145 Å². The van der Waals surface area contributed by atoms with Gasteiger partial charge in [-0.1, -0.05) is 76.5 Å². The van der Waals surface area contributed by atoms with E-state index in [9.17, 15) is 0 Å². The molecule has 0 aromatic carbocycles. The maximum absolute atomic E-state index is 3.94. The summed E-state index contributed by atoms with van der Waals surface area (Å²) in [4.78, 5) is 0. The molecular weight excluding hydrogens is 276 g/mol. The maximum Gasteiger partial charge on any atom is -0.0233 e. The second kappa shape index (κ2) is 11.1. The van der Waals surface area contributed by atoms with Crippen LogP contribution in [0.5, 0.6) is 0 Å². The minimum absolute atomic E-state index is 0.798. The van der Waals surface area contributed by atoms with Crippen molar-refractivity contribution in [3.05, 3.63) is 24.8 Å². The van der Waals surface area contributed by atoms with Gasteiger partial charge in [0.15, 0.2) is 0 Å². The van der Waals surface area contributed by atoms with Crippen LogP contribution in [0.1, 0.15) is 96.8 Å². The molecule has 0 radical (unpaired) electrons. The summed E-state index contributed by atoms with van der Waals surface area (Å²) in [5.74, 6) is 3.75. The van der Waals surface area contributed by atoms with Crippen LogP contribution < -0.4 is 0 Å². The summed E-state index contributed by atoms with van der Waals surface area (Å²) in [5.41, 5.74) is 0. The lowest BCUT2D eigenvalue weighted by Crippen LogP contribution is -2.14. The first-order valence-electron chi connectivity index (χ1n) is 10.6. The SMILES string of the molecule is C=C[C@H]1CC[C@H](C=CCC[C@H]2CC[C@H](CCCCC)CC2)CC1. The lowest BCUT2D eigenvalue weighted by Gasteiger charge is -2.28. The standard InChI is InChI=1S/C23H40/c1-3-5-6-9-21-16-18-23(19-17-21)11-8-7-10-22-14-12-20(4-2)13-15-22/h4,7,10,20-23H,2-3,5-6,8-9,11-19H2,1H3/t20-,21-,22-,23-. The van der Waals surface area contributed by atoms with Gasteiger partial charge in [-0.25, -0.2) is 0 Å². The molecule has 0 aliphatic heterocycles. The number of unbranched alkanes of at least 4 members (excludes halogenated alkanes) is 2. The Bertz CT molecular complexity index is 324. The van der Waals surface area contributed by atoms with Crippen LogP contribution in [0.4, 0.5) is 0 Å². The van der Waals surface area contributed by atoms with Gasteiger partial charge in [0.2, 0.25) is 0 Å². The Morgan fingerprint density at radius 1 is 0.783 bits per heavy atom. The molecule has 0 heteroatoms. The van der Waals surface area contributed by atoms with Crippen molar-refractivity contribution in [3.8, 4) is 0 Å². The smallest absolute Gasteiger partial charge is 0.0233 e. The number of rotatable bonds is 9. The first-order chi connectivity index (χ1) is 11.3. The van der Waals surface area contributed by atoms with E-state index in [1.807, 2.05) is 0 Å².